The maximum absolute atomic E-state index is 12.5. The average Bonchev–Trinajstić information content (AvgIpc) is 2.82. The number of hydrogen-bond acceptors (Lipinski definition) is 4. The van der Waals surface area contributed by atoms with Crippen molar-refractivity contribution in [2.45, 2.75) is 25.4 Å². The Balaban J connectivity index is 1.31. The number of alkyl halides is 3. The predicted molar refractivity (Wildman–Crippen MR) is 120 cm³/mol. The highest BCUT2D eigenvalue weighted by Gasteiger charge is 2.30. The number of likely N-dealkylation sites (tertiary alicyclic amines) is 1. The molecule has 1 aromatic heterocycles. The summed E-state index contributed by atoms with van der Waals surface area (Å²) in [4.78, 5) is 30.2. The number of anilines is 1. The van der Waals surface area contributed by atoms with Crippen LogP contribution in [0.3, 0.4) is 0 Å². The molecule has 0 unspecified atom stereocenters. The predicted octanol–water partition coefficient (Wildman–Crippen LogP) is 3.97. The quantitative estimate of drug-likeness (QED) is 0.462. The second-order valence-corrected chi connectivity index (χ2v) is 7.84. The molecule has 176 valence electrons. The third-order valence-electron chi connectivity index (χ3n) is 5.45. The first-order chi connectivity index (χ1) is 15.8. The second-order valence-electron chi connectivity index (χ2n) is 7.84. The number of carbonyl (C=O) groups is 2. The Labute approximate surface area is 190 Å². The van der Waals surface area contributed by atoms with Crippen LogP contribution in [0.15, 0.2) is 54.7 Å². The summed E-state index contributed by atoms with van der Waals surface area (Å²) in [6.45, 7) is 2.00. The largest absolute Gasteiger partial charge is 0.417 e. The molecule has 33 heavy (non-hydrogen) atoms. The molecular weight excluding hydrogens is 433 g/mol. The van der Waals surface area contributed by atoms with Crippen molar-refractivity contribution < 1.29 is 22.8 Å². The standard InChI is InChI=1S/C24H27F3N4O2/c25-24(26,27)20-8-9-21(30-17-20)28-13-4-14-29-23(33)19-11-15-31(16-12-19)22(32)10-7-18-5-2-1-3-6-18/h1-3,5-10,17,19H,4,11-16H2,(H,28,30)(H,29,33)/b10-7+. The van der Waals surface area contributed by atoms with E-state index in [9.17, 15) is 22.8 Å². The van der Waals surface area contributed by atoms with Gasteiger partial charge >= 0.3 is 6.18 Å². The lowest BCUT2D eigenvalue weighted by molar-refractivity contribution is -0.137. The monoisotopic (exact) mass is 460 g/mol. The minimum Gasteiger partial charge on any atom is -0.370 e. The van der Waals surface area contributed by atoms with Gasteiger partial charge in [0, 0.05) is 44.4 Å². The van der Waals surface area contributed by atoms with Crippen LogP contribution < -0.4 is 10.6 Å². The van der Waals surface area contributed by atoms with Gasteiger partial charge in [-0.1, -0.05) is 30.3 Å². The Hall–Kier alpha value is -3.36. The van der Waals surface area contributed by atoms with Crippen LogP contribution in [-0.4, -0.2) is 47.9 Å². The zero-order valence-corrected chi connectivity index (χ0v) is 18.1. The molecule has 1 aliphatic heterocycles. The van der Waals surface area contributed by atoms with Gasteiger partial charge in [-0.25, -0.2) is 4.98 Å². The first-order valence-corrected chi connectivity index (χ1v) is 10.9. The van der Waals surface area contributed by atoms with Crippen molar-refractivity contribution in [1.29, 1.82) is 0 Å². The first-order valence-electron chi connectivity index (χ1n) is 10.9. The lowest BCUT2D eigenvalue weighted by Crippen LogP contribution is -2.42. The molecule has 1 aliphatic rings. The van der Waals surface area contributed by atoms with E-state index < -0.39 is 11.7 Å². The fourth-order valence-corrected chi connectivity index (χ4v) is 3.53. The van der Waals surface area contributed by atoms with Crippen LogP contribution in [0.25, 0.3) is 6.08 Å². The Morgan fingerprint density at radius 3 is 2.42 bits per heavy atom. The van der Waals surface area contributed by atoms with Crippen molar-refractivity contribution in [3.05, 3.63) is 65.9 Å². The highest BCUT2D eigenvalue weighted by molar-refractivity contribution is 5.92. The van der Waals surface area contributed by atoms with E-state index in [1.165, 1.54) is 6.07 Å². The number of nitrogens with one attached hydrogen (secondary N) is 2. The van der Waals surface area contributed by atoms with Crippen molar-refractivity contribution in [3.63, 3.8) is 0 Å². The van der Waals surface area contributed by atoms with Crippen LogP contribution in [0.5, 0.6) is 0 Å². The summed E-state index contributed by atoms with van der Waals surface area (Å²) >= 11 is 0. The van der Waals surface area contributed by atoms with Crippen LogP contribution in [0.1, 0.15) is 30.4 Å². The van der Waals surface area contributed by atoms with Crippen LogP contribution in [0.2, 0.25) is 0 Å². The number of carbonyl (C=O) groups excluding carboxylic acids is 2. The van der Waals surface area contributed by atoms with E-state index in [-0.39, 0.29) is 17.7 Å². The Bertz CT molecular complexity index is 938. The van der Waals surface area contributed by atoms with Crippen LogP contribution in [-0.2, 0) is 15.8 Å². The Kier molecular flexibility index (Phi) is 8.46. The maximum atomic E-state index is 12.5. The molecule has 1 aromatic carbocycles. The molecule has 6 nitrogen and oxygen atoms in total. The molecule has 0 aliphatic carbocycles. The smallest absolute Gasteiger partial charge is 0.370 e. The third-order valence-corrected chi connectivity index (χ3v) is 5.45. The zero-order chi connectivity index (χ0) is 23.7. The van der Waals surface area contributed by atoms with Crippen molar-refractivity contribution in [2.75, 3.05) is 31.5 Å². The van der Waals surface area contributed by atoms with Gasteiger partial charge in [-0.05, 0) is 43.0 Å². The SMILES string of the molecule is O=C(NCCCNc1ccc(C(F)(F)F)cn1)C1CCN(C(=O)/C=C/c2ccccc2)CC1. The summed E-state index contributed by atoms with van der Waals surface area (Å²) in [6, 6.07) is 11.9. The summed E-state index contributed by atoms with van der Waals surface area (Å²) in [5, 5.41) is 5.83. The number of pyridine rings is 1. The lowest BCUT2D eigenvalue weighted by Gasteiger charge is -2.30. The van der Waals surface area contributed by atoms with Crippen LogP contribution in [0, 0.1) is 5.92 Å². The van der Waals surface area contributed by atoms with E-state index in [0.29, 0.717) is 51.3 Å². The number of hydrogen-bond donors (Lipinski definition) is 2. The van der Waals surface area contributed by atoms with Gasteiger partial charge in [0.05, 0.1) is 5.56 Å². The maximum Gasteiger partial charge on any atom is 0.417 e. The molecule has 2 aromatic rings. The Morgan fingerprint density at radius 1 is 1.06 bits per heavy atom. The molecule has 2 heterocycles. The molecule has 0 radical (unpaired) electrons. The van der Waals surface area contributed by atoms with Crippen molar-refractivity contribution in [3.8, 4) is 0 Å². The van der Waals surface area contributed by atoms with Crippen LogP contribution in [0.4, 0.5) is 19.0 Å². The highest BCUT2D eigenvalue weighted by atomic mass is 19.4. The summed E-state index contributed by atoms with van der Waals surface area (Å²) in [5.74, 6) is 0.139. The topological polar surface area (TPSA) is 74.3 Å². The minimum atomic E-state index is -4.40. The Morgan fingerprint density at radius 2 is 1.79 bits per heavy atom. The third kappa shape index (κ3) is 7.62. The van der Waals surface area contributed by atoms with Gasteiger partial charge in [-0.2, -0.15) is 13.2 Å². The summed E-state index contributed by atoms with van der Waals surface area (Å²) in [5.41, 5.74) is 0.170. The zero-order valence-electron chi connectivity index (χ0n) is 18.1. The highest BCUT2D eigenvalue weighted by Crippen LogP contribution is 2.28. The molecular formula is C24H27F3N4O2. The van der Waals surface area contributed by atoms with Gasteiger partial charge in [-0.15, -0.1) is 0 Å². The molecule has 0 bridgehead atoms. The number of amides is 2. The number of rotatable bonds is 8. The molecule has 2 N–H and O–H groups in total. The van der Waals surface area contributed by atoms with Crippen molar-refractivity contribution >= 4 is 23.7 Å². The van der Waals surface area contributed by atoms with E-state index in [4.69, 9.17) is 0 Å². The van der Waals surface area contributed by atoms with E-state index in [0.717, 1.165) is 17.8 Å². The molecule has 2 amide bonds. The fourth-order valence-electron chi connectivity index (χ4n) is 3.53. The molecule has 0 atom stereocenters. The van der Waals surface area contributed by atoms with Gasteiger partial charge in [0.1, 0.15) is 5.82 Å². The van der Waals surface area contributed by atoms with Gasteiger partial charge < -0.3 is 15.5 Å². The minimum absolute atomic E-state index is 0.0328. The molecule has 0 spiro atoms. The summed E-state index contributed by atoms with van der Waals surface area (Å²) < 4.78 is 37.6. The number of aromatic nitrogens is 1. The lowest BCUT2D eigenvalue weighted by atomic mass is 9.96. The number of benzene rings is 1. The van der Waals surface area contributed by atoms with Gasteiger partial charge in [0.2, 0.25) is 11.8 Å². The molecule has 1 fully saturated rings. The van der Waals surface area contributed by atoms with Crippen molar-refractivity contribution in [1.82, 2.24) is 15.2 Å². The van der Waals surface area contributed by atoms with Gasteiger partial charge in [-0.3, -0.25) is 9.59 Å². The van der Waals surface area contributed by atoms with Gasteiger partial charge in [0.15, 0.2) is 0 Å². The van der Waals surface area contributed by atoms with Crippen LogP contribution >= 0.6 is 0 Å². The number of halogens is 3. The normalized spacial score (nSPS) is 14.9. The number of nitrogens with zero attached hydrogens (tertiary/aromatic N) is 2. The molecule has 0 saturated carbocycles. The molecule has 9 heteroatoms. The molecule has 1 saturated heterocycles. The van der Waals surface area contributed by atoms with Crippen molar-refractivity contribution in [2.24, 2.45) is 5.92 Å². The average molecular weight is 461 g/mol. The molecule has 3 rings (SSSR count). The second kappa shape index (κ2) is 11.5. The summed E-state index contributed by atoms with van der Waals surface area (Å²) in [6.07, 6.45) is 1.57. The van der Waals surface area contributed by atoms with E-state index in [1.807, 2.05) is 30.3 Å². The van der Waals surface area contributed by atoms with Gasteiger partial charge in [0.25, 0.3) is 0 Å². The van der Waals surface area contributed by atoms with E-state index in [1.54, 1.807) is 17.1 Å². The van der Waals surface area contributed by atoms with E-state index >= 15 is 0 Å². The fraction of sp³-hybridized carbons (Fsp3) is 0.375. The first kappa shape index (κ1) is 24.3. The number of piperidine rings is 1. The summed E-state index contributed by atoms with van der Waals surface area (Å²) in [7, 11) is 0. The van der Waals surface area contributed by atoms with E-state index in [2.05, 4.69) is 15.6 Å².